The molecule has 1 aromatic carbocycles. The number of hydrogen-bond donors (Lipinski definition) is 2. The van der Waals surface area contributed by atoms with E-state index in [1.165, 1.54) is 19.1 Å². The Balaban J connectivity index is 2.51. The molecule has 0 unspecified atom stereocenters. The molecule has 2 rings (SSSR count). The molecular weight excluding hydrogens is 388 g/mol. The Kier molecular flexibility index (Phi) is 7.64. The van der Waals surface area contributed by atoms with E-state index in [4.69, 9.17) is 9.47 Å². The fourth-order valence-corrected chi connectivity index (χ4v) is 3.79. The van der Waals surface area contributed by atoms with E-state index in [-0.39, 0.29) is 37.2 Å². The number of esters is 2. The molecule has 1 aromatic rings. The maximum Gasteiger partial charge on any atom is 0.317 e. The van der Waals surface area contributed by atoms with Crippen molar-refractivity contribution in [2.45, 2.75) is 52.6 Å². The highest BCUT2D eigenvalue weighted by Gasteiger charge is 2.57. The number of carbonyl (C=O) groups is 3. The Bertz CT molecular complexity index is 764. The smallest absolute Gasteiger partial charge is 0.317 e. The number of benzene rings is 1. The van der Waals surface area contributed by atoms with Crippen LogP contribution in [-0.4, -0.2) is 46.7 Å². The van der Waals surface area contributed by atoms with Gasteiger partial charge in [-0.3, -0.25) is 14.4 Å². The predicted molar refractivity (Wildman–Crippen MR) is 110 cm³/mol. The third-order valence-electron chi connectivity index (χ3n) is 5.17. The highest BCUT2D eigenvalue weighted by Crippen LogP contribution is 2.47. The summed E-state index contributed by atoms with van der Waals surface area (Å²) in [5, 5.41) is 20.7. The lowest BCUT2D eigenvalue weighted by Gasteiger charge is -2.43. The second-order valence-corrected chi connectivity index (χ2v) is 9.12. The van der Waals surface area contributed by atoms with E-state index in [0.717, 1.165) is 0 Å². The van der Waals surface area contributed by atoms with Crippen molar-refractivity contribution in [3.8, 4) is 5.75 Å². The lowest BCUT2D eigenvalue weighted by Crippen LogP contribution is -2.55. The molecule has 0 aliphatic heterocycles. The number of aromatic hydroxyl groups is 1. The van der Waals surface area contributed by atoms with Crippen LogP contribution >= 0.6 is 0 Å². The molecule has 0 spiro atoms. The lowest BCUT2D eigenvalue weighted by molar-refractivity contribution is -0.173. The predicted octanol–water partition coefficient (Wildman–Crippen LogP) is 2.83. The van der Waals surface area contributed by atoms with Crippen LogP contribution in [0.1, 0.15) is 52.5 Å². The molecule has 4 atom stereocenters. The fourth-order valence-electron chi connectivity index (χ4n) is 3.79. The lowest BCUT2D eigenvalue weighted by atomic mass is 9.61. The molecule has 0 radical (unpaired) electrons. The molecule has 0 bridgehead atoms. The Labute approximate surface area is 177 Å². The SMILES string of the molecule is CC(C)COC(=O)[C@@H]1C(=O)C[C@](C)(O)[C@H](C(=O)OCC(C)C)[C@@H]1c1ccc(O)cc1. The average molecular weight is 421 g/mol. The van der Waals surface area contributed by atoms with Gasteiger partial charge in [0, 0.05) is 12.3 Å². The Morgan fingerprint density at radius 3 is 2.03 bits per heavy atom. The maximum atomic E-state index is 13.0. The summed E-state index contributed by atoms with van der Waals surface area (Å²) in [6.07, 6.45) is -0.357. The summed E-state index contributed by atoms with van der Waals surface area (Å²) in [5.74, 6) is -5.06. The van der Waals surface area contributed by atoms with Gasteiger partial charge in [0.1, 0.15) is 11.7 Å². The van der Waals surface area contributed by atoms with Gasteiger partial charge in [-0.2, -0.15) is 0 Å². The van der Waals surface area contributed by atoms with Gasteiger partial charge in [-0.25, -0.2) is 0 Å². The largest absolute Gasteiger partial charge is 0.508 e. The minimum atomic E-state index is -1.69. The van der Waals surface area contributed by atoms with Crippen molar-refractivity contribution in [1.82, 2.24) is 0 Å². The van der Waals surface area contributed by atoms with Crippen LogP contribution < -0.4 is 0 Å². The minimum Gasteiger partial charge on any atom is -0.508 e. The quantitative estimate of drug-likeness (QED) is 0.515. The van der Waals surface area contributed by atoms with Crippen LogP contribution in [0.3, 0.4) is 0 Å². The number of Topliss-reactive ketones (excluding diaryl/α,β-unsaturated/α-hetero) is 1. The highest BCUT2D eigenvalue weighted by molar-refractivity contribution is 6.02. The van der Waals surface area contributed by atoms with Crippen LogP contribution in [0.15, 0.2) is 24.3 Å². The zero-order valence-electron chi connectivity index (χ0n) is 18.3. The minimum absolute atomic E-state index is 0.00511. The van der Waals surface area contributed by atoms with E-state index in [1.54, 1.807) is 12.1 Å². The first-order valence-electron chi connectivity index (χ1n) is 10.3. The zero-order chi connectivity index (χ0) is 22.6. The van der Waals surface area contributed by atoms with Crippen LogP contribution in [0.25, 0.3) is 0 Å². The topological polar surface area (TPSA) is 110 Å². The van der Waals surface area contributed by atoms with E-state index in [0.29, 0.717) is 5.56 Å². The normalized spacial score (nSPS) is 26.7. The fraction of sp³-hybridized carbons (Fsp3) is 0.609. The van der Waals surface area contributed by atoms with Crippen LogP contribution in [0.5, 0.6) is 5.75 Å². The average Bonchev–Trinajstić information content (AvgIpc) is 2.63. The molecule has 1 aliphatic carbocycles. The van der Waals surface area contributed by atoms with Crippen molar-refractivity contribution in [2.24, 2.45) is 23.7 Å². The zero-order valence-corrected chi connectivity index (χ0v) is 18.3. The number of rotatable bonds is 7. The van der Waals surface area contributed by atoms with E-state index in [1.807, 2.05) is 27.7 Å². The van der Waals surface area contributed by atoms with Gasteiger partial charge in [-0.1, -0.05) is 39.8 Å². The van der Waals surface area contributed by atoms with E-state index in [2.05, 4.69) is 0 Å². The first-order valence-corrected chi connectivity index (χ1v) is 10.3. The molecule has 2 N–H and O–H groups in total. The third kappa shape index (κ3) is 5.59. The van der Waals surface area contributed by atoms with Gasteiger partial charge >= 0.3 is 11.9 Å². The number of carbonyl (C=O) groups excluding carboxylic acids is 3. The molecule has 0 saturated heterocycles. The van der Waals surface area contributed by atoms with E-state index in [9.17, 15) is 24.6 Å². The van der Waals surface area contributed by atoms with Gasteiger partial charge in [-0.15, -0.1) is 0 Å². The summed E-state index contributed by atoms with van der Waals surface area (Å²) in [5.41, 5.74) is -1.22. The standard InChI is InChI=1S/C23H32O7/c1-13(2)11-29-21(26)19-17(25)10-23(5,28)20(22(27)30-12-14(3)4)18(19)15-6-8-16(24)9-7-15/h6-9,13-14,18-20,24,28H,10-12H2,1-5H3/t18-,19-,20+,23+/m1/s1. The molecular formula is C23H32O7. The molecule has 7 nitrogen and oxygen atoms in total. The number of hydrogen-bond acceptors (Lipinski definition) is 7. The molecule has 30 heavy (non-hydrogen) atoms. The first kappa shape index (κ1) is 23.9. The summed E-state index contributed by atoms with van der Waals surface area (Å²) < 4.78 is 10.7. The molecule has 0 amide bonds. The number of ketones is 1. The monoisotopic (exact) mass is 420 g/mol. The third-order valence-corrected chi connectivity index (χ3v) is 5.17. The van der Waals surface area contributed by atoms with Crippen molar-refractivity contribution >= 4 is 17.7 Å². The number of phenols is 1. The van der Waals surface area contributed by atoms with E-state index < -0.39 is 41.1 Å². The van der Waals surface area contributed by atoms with Crippen LogP contribution in [0.4, 0.5) is 0 Å². The van der Waals surface area contributed by atoms with E-state index >= 15 is 0 Å². The molecule has 166 valence electrons. The van der Waals surface area contributed by atoms with Crippen LogP contribution in [0, 0.1) is 23.7 Å². The van der Waals surface area contributed by atoms with Crippen molar-refractivity contribution in [3.63, 3.8) is 0 Å². The Morgan fingerprint density at radius 1 is 1.03 bits per heavy atom. The van der Waals surface area contributed by atoms with Crippen molar-refractivity contribution < 1.29 is 34.1 Å². The first-order chi connectivity index (χ1) is 13.9. The van der Waals surface area contributed by atoms with Gasteiger partial charge in [0.15, 0.2) is 5.78 Å². The van der Waals surface area contributed by atoms with Crippen LogP contribution in [-0.2, 0) is 23.9 Å². The van der Waals surface area contributed by atoms with Gasteiger partial charge in [0.25, 0.3) is 0 Å². The molecule has 0 aromatic heterocycles. The van der Waals surface area contributed by atoms with Crippen molar-refractivity contribution in [1.29, 1.82) is 0 Å². The van der Waals surface area contributed by atoms with Crippen LogP contribution in [0.2, 0.25) is 0 Å². The van der Waals surface area contributed by atoms with Crippen molar-refractivity contribution in [3.05, 3.63) is 29.8 Å². The highest BCUT2D eigenvalue weighted by atomic mass is 16.5. The number of ether oxygens (including phenoxy) is 2. The summed E-state index contributed by atoms with van der Waals surface area (Å²) in [6.45, 7) is 9.25. The van der Waals surface area contributed by atoms with Gasteiger partial charge < -0.3 is 19.7 Å². The van der Waals surface area contributed by atoms with Crippen molar-refractivity contribution in [2.75, 3.05) is 13.2 Å². The summed E-state index contributed by atoms with van der Waals surface area (Å²) in [6, 6.07) is 5.91. The number of aliphatic hydroxyl groups is 1. The van der Waals surface area contributed by atoms with Gasteiger partial charge in [-0.05, 0) is 36.5 Å². The number of phenolic OH excluding ortho intramolecular Hbond substituents is 1. The molecule has 7 heteroatoms. The maximum absolute atomic E-state index is 13.0. The summed E-state index contributed by atoms with van der Waals surface area (Å²) in [7, 11) is 0. The second-order valence-electron chi connectivity index (χ2n) is 9.12. The summed E-state index contributed by atoms with van der Waals surface area (Å²) >= 11 is 0. The second kappa shape index (κ2) is 9.60. The Morgan fingerprint density at radius 2 is 1.53 bits per heavy atom. The molecule has 1 aliphatic rings. The summed E-state index contributed by atoms with van der Waals surface area (Å²) in [4.78, 5) is 38.8. The van der Waals surface area contributed by atoms with Gasteiger partial charge in [0.05, 0.1) is 24.7 Å². The molecule has 0 heterocycles. The molecule has 1 fully saturated rings. The van der Waals surface area contributed by atoms with Gasteiger partial charge in [0.2, 0.25) is 0 Å². The molecule has 1 saturated carbocycles. The Hall–Kier alpha value is -2.41.